The number of ether oxygens (including phenoxy) is 1. The maximum absolute atomic E-state index is 14.7. The molecule has 0 radical (unpaired) electrons. The molecule has 0 aliphatic carbocycles. The molecule has 31 heavy (non-hydrogen) atoms. The van der Waals surface area contributed by atoms with Gasteiger partial charge >= 0.3 is 6.09 Å². The van der Waals surface area contributed by atoms with Crippen LogP contribution in [0.2, 0.25) is 0 Å². The minimum Gasteiger partial charge on any atom is -0.442 e. The molecule has 0 aromatic heterocycles. The summed E-state index contributed by atoms with van der Waals surface area (Å²) >= 11 is 4.95. The second-order valence-corrected chi connectivity index (χ2v) is 7.48. The number of nitrogens with one attached hydrogen (secondary N) is 2. The SMILES string of the molecule is CC(=S)NC[C@H]1CN(c2ccc(Nc3ccc(/C=C/CO)ccc3=O)c(F)c2)C(=O)O1. The number of anilines is 3. The van der Waals surface area contributed by atoms with Gasteiger partial charge in [-0.1, -0.05) is 36.5 Å². The molecular weight excluding hydrogens is 421 g/mol. The van der Waals surface area contributed by atoms with Crippen molar-refractivity contribution >= 4 is 46.4 Å². The van der Waals surface area contributed by atoms with Crippen molar-refractivity contribution in [2.45, 2.75) is 13.0 Å². The van der Waals surface area contributed by atoms with Crippen LogP contribution in [0.15, 0.2) is 53.3 Å². The Morgan fingerprint density at radius 2 is 2.00 bits per heavy atom. The van der Waals surface area contributed by atoms with E-state index in [1.807, 2.05) is 0 Å². The van der Waals surface area contributed by atoms with E-state index in [-0.39, 0.29) is 30.0 Å². The molecule has 0 bridgehead atoms. The average molecular weight is 444 g/mol. The Bertz CT molecular complexity index is 1080. The minimum atomic E-state index is -0.618. The number of benzene rings is 1. The van der Waals surface area contributed by atoms with Gasteiger partial charge in [0, 0.05) is 0 Å². The summed E-state index contributed by atoms with van der Waals surface area (Å²) in [5.41, 5.74) is 1.04. The van der Waals surface area contributed by atoms with Crippen LogP contribution in [0.4, 0.5) is 26.2 Å². The number of hydrogen-bond donors (Lipinski definition) is 3. The van der Waals surface area contributed by atoms with Crippen LogP contribution < -0.4 is 21.0 Å². The second-order valence-electron chi connectivity index (χ2n) is 6.87. The molecule has 2 aromatic carbocycles. The number of aliphatic hydroxyl groups excluding tert-OH is 1. The topological polar surface area (TPSA) is 90.9 Å². The lowest BCUT2D eigenvalue weighted by molar-refractivity contribution is 0.143. The van der Waals surface area contributed by atoms with Crippen LogP contribution in [-0.4, -0.2) is 42.0 Å². The first-order chi connectivity index (χ1) is 14.9. The number of aliphatic hydroxyl groups is 1. The Labute approximate surface area is 184 Å². The molecule has 1 fully saturated rings. The van der Waals surface area contributed by atoms with Crippen molar-refractivity contribution in [2.24, 2.45) is 0 Å². The molecule has 2 aromatic rings. The van der Waals surface area contributed by atoms with Gasteiger partial charge in [-0.2, -0.15) is 0 Å². The number of halogens is 1. The number of carbonyl (C=O) groups is 1. The predicted octanol–water partition coefficient (Wildman–Crippen LogP) is 3.20. The zero-order valence-corrected chi connectivity index (χ0v) is 17.6. The minimum absolute atomic E-state index is 0.0987. The van der Waals surface area contributed by atoms with E-state index in [1.165, 1.54) is 23.1 Å². The van der Waals surface area contributed by atoms with Gasteiger partial charge in [-0.15, -0.1) is 0 Å². The van der Waals surface area contributed by atoms with E-state index in [0.29, 0.717) is 17.2 Å². The molecule has 9 heteroatoms. The van der Waals surface area contributed by atoms with Crippen molar-refractivity contribution in [3.05, 3.63) is 70.1 Å². The van der Waals surface area contributed by atoms with Crippen LogP contribution in [0, 0.1) is 5.82 Å². The quantitative estimate of drug-likeness (QED) is 0.566. The van der Waals surface area contributed by atoms with Crippen LogP contribution >= 0.6 is 12.2 Å². The first-order valence-electron chi connectivity index (χ1n) is 9.58. The summed E-state index contributed by atoms with van der Waals surface area (Å²) in [7, 11) is 0. The van der Waals surface area contributed by atoms with E-state index in [2.05, 4.69) is 10.6 Å². The monoisotopic (exact) mass is 443 g/mol. The fourth-order valence-corrected chi connectivity index (χ4v) is 3.08. The lowest BCUT2D eigenvalue weighted by atomic mass is 10.2. The van der Waals surface area contributed by atoms with Crippen molar-refractivity contribution in [1.82, 2.24) is 5.32 Å². The van der Waals surface area contributed by atoms with Gasteiger partial charge in [0.05, 0.1) is 41.7 Å². The van der Waals surface area contributed by atoms with E-state index < -0.39 is 18.0 Å². The largest absolute Gasteiger partial charge is 0.442 e. The third kappa shape index (κ3) is 5.87. The number of carbonyl (C=O) groups excluding carboxylic acids is 1. The van der Waals surface area contributed by atoms with Crippen molar-refractivity contribution < 1.29 is 19.0 Å². The standard InChI is InChI=1S/C22H22FN3O4S/c1-14(31)24-12-17-13-26(22(29)30-17)16-6-8-19(18(23)11-16)25-20-7-4-15(3-2-10-27)5-9-21(20)28/h2-9,11,17,27H,10,12-13H2,1H3,(H,24,31)(H,25,28)/b3-2+/t17-/m0/s1. The van der Waals surface area contributed by atoms with Gasteiger partial charge in [0.2, 0.25) is 5.43 Å². The first kappa shape index (κ1) is 22.4. The fourth-order valence-electron chi connectivity index (χ4n) is 3.00. The highest BCUT2D eigenvalue weighted by Gasteiger charge is 2.32. The van der Waals surface area contributed by atoms with Crippen molar-refractivity contribution in [3.63, 3.8) is 0 Å². The van der Waals surface area contributed by atoms with E-state index in [9.17, 15) is 14.0 Å². The molecular formula is C22H22FN3O4S. The number of hydrogen-bond acceptors (Lipinski definition) is 6. The highest BCUT2D eigenvalue weighted by molar-refractivity contribution is 7.80. The van der Waals surface area contributed by atoms with Gasteiger partial charge < -0.3 is 20.5 Å². The molecule has 1 heterocycles. The number of amides is 1. The predicted molar refractivity (Wildman–Crippen MR) is 122 cm³/mol. The highest BCUT2D eigenvalue weighted by Crippen LogP contribution is 2.27. The molecule has 1 amide bonds. The number of rotatable bonds is 7. The van der Waals surface area contributed by atoms with Crippen molar-refractivity contribution in [3.8, 4) is 0 Å². The lowest BCUT2D eigenvalue weighted by Gasteiger charge is -2.15. The molecule has 0 spiro atoms. The molecule has 1 aliphatic rings. The van der Waals surface area contributed by atoms with Crippen LogP contribution in [0.25, 0.3) is 6.08 Å². The Hall–Kier alpha value is -3.30. The first-order valence-corrected chi connectivity index (χ1v) is 9.99. The second kappa shape index (κ2) is 10.1. The van der Waals surface area contributed by atoms with Crippen LogP contribution in [0.1, 0.15) is 12.5 Å². The normalized spacial score (nSPS) is 15.8. The van der Waals surface area contributed by atoms with Crippen LogP contribution in [0.5, 0.6) is 0 Å². The lowest BCUT2D eigenvalue weighted by Crippen LogP contribution is -2.32. The molecule has 162 valence electrons. The summed E-state index contributed by atoms with van der Waals surface area (Å²) in [5, 5.41) is 14.6. The van der Waals surface area contributed by atoms with Gasteiger partial charge in [-0.05, 0) is 42.8 Å². The average Bonchev–Trinajstić information content (AvgIpc) is 3.02. The summed E-state index contributed by atoms with van der Waals surface area (Å²) < 4.78 is 20.0. The van der Waals surface area contributed by atoms with Gasteiger partial charge in [-0.25, -0.2) is 9.18 Å². The summed E-state index contributed by atoms with van der Waals surface area (Å²) in [4.78, 5) is 26.4. The molecule has 7 nitrogen and oxygen atoms in total. The molecule has 0 saturated carbocycles. The van der Waals surface area contributed by atoms with Crippen LogP contribution in [-0.2, 0) is 4.74 Å². The smallest absolute Gasteiger partial charge is 0.414 e. The summed E-state index contributed by atoms with van der Waals surface area (Å²) in [6.07, 6.45) is 2.26. The molecule has 3 N–H and O–H groups in total. The van der Waals surface area contributed by atoms with Gasteiger partial charge in [0.15, 0.2) is 0 Å². The molecule has 3 rings (SSSR count). The Kier molecular flexibility index (Phi) is 7.32. The zero-order valence-electron chi connectivity index (χ0n) is 16.8. The summed E-state index contributed by atoms with van der Waals surface area (Å²) in [5.74, 6) is -0.618. The van der Waals surface area contributed by atoms with Crippen molar-refractivity contribution in [1.29, 1.82) is 0 Å². The maximum Gasteiger partial charge on any atom is 0.414 e. The molecule has 1 aliphatic heterocycles. The van der Waals surface area contributed by atoms with Crippen LogP contribution in [0.3, 0.4) is 0 Å². The Morgan fingerprint density at radius 3 is 2.71 bits per heavy atom. The third-order valence-corrected chi connectivity index (χ3v) is 4.68. The Morgan fingerprint density at radius 1 is 1.26 bits per heavy atom. The Balaban J connectivity index is 1.75. The highest BCUT2D eigenvalue weighted by atomic mass is 32.1. The third-order valence-electron chi connectivity index (χ3n) is 4.54. The number of nitrogens with zero attached hydrogens (tertiary/aromatic N) is 1. The van der Waals surface area contributed by atoms with E-state index in [4.69, 9.17) is 22.1 Å². The van der Waals surface area contributed by atoms with E-state index in [1.54, 1.807) is 43.3 Å². The molecule has 0 unspecified atom stereocenters. The van der Waals surface area contributed by atoms with Gasteiger partial charge in [-0.3, -0.25) is 9.69 Å². The number of thiocarbonyl (C=S) groups is 1. The van der Waals surface area contributed by atoms with E-state index in [0.717, 1.165) is 5.56 Å². The fraction of sp³-hybridized carbons (Fsp3) is 0.227. The maximum atomic E-state index is 14.7. The van der Waals surface area contributed by atoms with Gasteiger partial charge in [0.25, 0.3) is 0 Å². The van der Waals surface area contributed by atoms with Gasteiger partial charge in [0.1, 0.15) is 11.9 Å². The molecule has 1 saturated heterocycles. The summed E-state index contributed by atoms with van der Waals surface area (Å²) in [6, 6.07) is 10.4. The van der Waals surface area contributed by atoms with Crippen molar-refractivity contribution in [2.75, 3.05) is 29.9 Å². The van der Waals surface area contributed by atoms with E-state index >= 15 is 0 Å². The number of cyclic esters (lactones) is 1. The zero-order chi connectivity index (χ0) is 22.4. The molecule has 1 atom stereocenters. The summed E-state index contributed by atoms with van der Waals surface area (Å²) in [6.45, 7) is 2.27.